The minimum atomic E-state index is -0.733. The maximum absolute atomic E-state index is 10.2. The molecule has 0 aliphatic heterocycles. The summed E-state index contributed by atoms with van der Waals surface area (Å²) in [6.45, 7) is 5.74. The van der Waals surface area contributed by atoms with Gasteiger partial charge in [0.15, 0.2) is 0 Å². The molecule has 0 unspecified atom stereocenters. The highest BCUT2D eigenvalue weighted by Crippen LogP contribution is 2.35. The van der Waals surface area contributed by atoms with Gasteiger partial charge in [-0.25, -0.2) is 0 Å². The predicted molar refractivity (Wildman–Crippen MR) is 66.8 cm³/mol. The highest BCUT2D eigenvalue weighted by molar-refractivity contribution is 5.40. The lowest BCUT2D eigenvalue weighted by Crippen LogP contribution is -2.32. The van der Waals surface area contributed by atoms with Crippen LogP contribution in [0.2, 0.25) is 0 Å². The van der Waals surface area contributed by atoms with Gasteiger partial charge in [0.1, 0.15) is 11.7 Å². The van der Waals surface area contributed by atoms with Gasteiger partial charge in [-0.3, -0.25) is 0 Å². The Labute approximate surface area is 103 Å². The van der Waals surface area contributed by atoms with Crippen LogP contribution in [-0.4, -0.2) is 18.3 Å². The van der Waals surface area contributed by atoms with Crippen molar-refractivity contribution >= 4 is 0 Å². The van der Waals surface area contributed by atoms with Gasteiger partial charge < -0.3 is 9.84 Å². The number of para-hydroxylation sites is 1. The van der Waals surface area contributed by atoms with Crippen LogP contribution in [0.4, 0.5) is 0 Å². The normalized spacial score (nSPS) is 14.8. The van der Waals surface area contributed by atoms with Crippen LogP contribution in [0.3, 0.4) is 0 Å². The second-order valence-electron chi connectivity index (χ2n) is 5.16. The van der Waals surface area contributed by atoms with Gasteiger partial charge in [-0.05, 0) is 11.5 Å². The van der Waals surface area contributed by atoms with E-state index in [1.165, 1.54) is 0 Å². The molecular weight excluding hydrogens is 214 g/mol. The van der Waals surface area contributed by atoms with Crippen LogP contribution in [0.25, 0.3) is 0 Å². The number of ether oxygens (including phenoxy) is 1. The van der Waals surface area contributed by atoms with E-state index in [1.807, 2.05) is 39.0 Å². The zero-order valence-electron chi connectivity index (χ0n) is 10.8. The molecule has 1 N–H and O–H groups in total. The van der Waals surface area contributed by atoms with Crippen LogP contribution in [0.15, 0.2) is 24.3 Å². The van der Waals surface area contributed by atoms with Crippen molar-refractivity contribution in [3.05, 3.63) is 29.8 Å². The molecule has 0 heterocycles. The Balaban J connectivity index is 3.15. The van der Waals surface area contributed by atoms with E-state index in [0.717, 1.165) is 5.56 Å². The molecule has 0 spiro atoms. The number of nitriles is 1. The Kier molecular flexibility index (Phi) is 4.14. The molecule has 1 rings (SSSR count). The van der Waals surface area contributed by atoms with E-state index in [9.17, 15) is 10.4 Å². The summed E-state index contributed by atoms with van der Waals surface area (Å²) in [5, 5.41) is 19.5. The van der Waals surface area contributed by atoms with Gasteiger partial charge in [-0.1, -0.05) is 39.0 Å². The van der Waals surface area contributed by atoms with Gasteiger partial charge in [0.2, 0.25) is 0 Å². The van der Waals surface area contributed by atoms with Crippen molar-refractivity contribution in [2.75, 3.05) is 7.11 Å². The molecule has 1 aromatic rings. The molecule has 0 amide bonds. The maximum Gasteiger partial charge on any atom is 0.123 e. The first-order chi connectivity index (χ1) is 7.91. The summed E-state index contributed by atoms with van der Waals surface area (Å²) in [7, 11) is 1.57. The summed E-state index contributed by atoms with van der Waals surface area (Å²) >= 11 is 0. The second kappa shape index (κ2) is 5.20. The first-order valence-corrected chi connectivity index (χ1v) is 5.62. The van der Waals surface area contributed by atoms with E-state index >= 15 is 0 Å². The Bertz CT molecular complexity index is 415. The Morgan fingerprint density at radius 2 is 1.88 bits per heavy atom. The molecule has 0 saturated heterocycles. The lowest BCUT2D eigenvalue weighted by Gasteiger charge is -2.30. The number of hydrogen-bond acceptors (Lipinski definition) is 3. The molecule has 3 nitrogen and oxygen atoms in total. The van der Waals surface area contributed by atoms with Crippen molar-refractivity contribution in [1.82, 2.24) is 0 Å². The van der Waals surface area contributed by atoms with Crippen molar-refractivity contribution in [1.29, 1.82) is 5.26 Å². The van der Waals surface area contributed by atoms with Gasteiger partial charge in [-0.15, -0.1) is 0 Å². The molecule has 0 aromatic heterocycles. The monoisotopic (exact) mass is 233 g/mol. The average molecular weight is 233 g/mol. The first-order valence-electron chi connectivity index (χ1n) is 5.62. The van der Waals surface area contributed by atoms with Crippen LogP contribution >= 0.6 is 0 Å². The van der Waals surface area contributed by atoms with E-state index in [2.05, 4.69) is 6.07 Å². The zero-order valence-corrected chi connectivity index (χ0v) is 10.8. The quantitative estimate of drug-likeness (QED) is 0.873. The zero-order chi connectivity index (χ0) is 13.1. The lowest BCUT2D eigenvalue weighted by atomic mass is 9.79. The topological polar surface area (TPSA) is 53.2 Å². The third kappa shape index (κ3) is 2.98. The molecule has 3 heteroatoms. The number of rotatable bonds is 3. The van der Waals surface area contributed by atoms with Gasteiger partial charge in [0.25, 0.3) is 0 Å². The maximum atomic E-state index is 10.2. The van der Waals surface area contributed by atoms with Crippen LogP contribution < -0.4 is 4.74 Å². The summed E-state index contributed by atoms with van der Waals surface area (Å²) in [6, 6.07) is 9.48. The third-order valence-corrected chi connectivity index (χ3v) is 2.82. The van der Waals surface area contributed by atoms with E-state index < -0.39 is 12.0 Å². The number of methoxy groups -OCH3 is 1. The standard InChI is InChI=1S/C14H19NO2/c1-14(2,3)13(16)11(9-15)10-7-5-6-8-12(10)17-4/h5-8,11,13,16H,1-4H3/t11-,13+/m0/s1. The van der Waals surface area contributed by atoms with E-state index in [4.69, 9.17) is 4.74 Å². The molecule has 0 saturated carbocycles. The van der Waals surface area contributed by atoms with E-state index in [-0.39, 0.29) is 5.41 Å². The minimum Gasteiger partial charge on any atom is -0.496 e. The fourth-order valence-corrected chi connectivity index (χ4v) is 1.73. The minimum absolute atomic E-state index is 0.346. The first kappa shape index (κ1) is 13.5. The Morgan fingerprint density at radius 3 is 2.35 bits per heavy atom. The van der Waals surface area contributed by atoms with Crippen molar-refractivity contribution in [3.8, 4) is 11.8 Å². The second-order valence-corrected chi connectivity index (χ2v) is 5.16. The van der Waals surface area contributed by atoms with E-state index in [0.29, 0.717) is 5.75 Å². The number of hydrogen-bond donors (Lipinski definition) is 1. The van der Waals surface area contributed by atoms with Crippen LogP contribution in [0, 0.1) is 16.7 Å². The highest BCUT2D eigenvalue weighted by atomic mass is 16.5. The van der Waals surface area contributed by atoms with E-state index in [1.54, 1.807) is 13.2 Å². The van der Waals surface area contributed by atoms with Crippen molar-refractivity contribution in [3.63, 3.8) is 0 Å². The molecular formula is C14H19NO2. The summed E-state index contributed by atoms with van der Waals surface area (Å²) in [5.74, 6) is 0.0634. The molecule has 0 bridgehead atoms. The fourth-order valence-electron chi connectivity index (χ4n) is 1.73. The molecule has 1 aromatic carbocycles. The molecule has 0 radical (unpaired) electrons. The number of nitrogens with zero attached hydrogens (tertiary/aromatic N) is 1. The summed E-state index contributed by atoms with van der Waals surface area (Å²) in [6.07, 6.45) is -0.733. The molecule has 2 atom stereocenters. The number of aliphatic hydroxyl groups is 1. The molecule has 17 heavy (non-hydrogen) atoms. The third-order valence-electron chi connectivity index (χ3n) is 2.82. The smallest absolute Gasteiger partial charge is 0.123 e. The summed E-state index contributed by atoms with van der Waals surface area (Å²) < 4.78 is 5.23. The highest BCUT2D eigenvalue weighted by Gasteiger charge is 2.33. The Hall–Kier alpha value is -1.53. The number of benzene rings is 1. The average Bonchev–Trinajstić information content (AvgIpc) is 2.29. The SMILES string of the molecule is COc1ccccc1[C@H](C#N)[C@@H](O)C(C)(C)C. The summed E-state index contributed by atoms with van der Waals surface area (Å²) in [4.78, 5) is 0. The van der Waals surface area contributed by atoms with Gasteiger partial charge >= 0.3 is 0 Å². The van der Waals surface area contributed by atoms with Crippen LogP contribution in [-0.2, 0) is 0 Å². The summed E-state index contributed by atoms with van der Waals surface area (Å²) in [5.41, 5.74) is 0.390. The van der Waals surface area contributed by atoms with Crippen molar-refractivity contribution in [2.45, 2.75) is 32.8 Å². The Morgan fingerprint density at radius 1 is 1.29 bits per heavy atom. The number of aliphatic hydroxyl groups excluding tert-OH is 1. The van der Waals surface area contributed by atoms with Gasteiger partial charge in [0.05, 0.1) is 19.3 Å². The van der Waals surface area contributed by atoms with Crippen LogP contribution in [0.1, 0.15) is 32.3 Å². The molecule has 0 aliphatic rings. The predicted octanol–water partition coefficient (Wildman–Crippen LogP) is 2.71. The van der Waals surface area contributed by atoms with Crippen LogP contribution in [0.5, 0.6) is 5.75 Å². The molecule has 92 valence electrons. The molecule has 0 fully saturated rings. The largest absolute Gasteiger partial charge is 0.496 e. The van der Waals surface area contributed by atoms with Crippen molar-refractivity contribution in [2.24, 2.45) is 5.41 Å². The lowest BCUT2D eigenvalue weighted by molar-refractivity contribution is 0.0521. The van der Waals surface area contributed by atoms with Gasteiger partial charge in [-0.2, -0.15) is 5.26 Å². The fraction of sp³-hybridized carbons (Fsp3) is 0.500. The van der Waals surface area contributed by atoms with Gasteiger partial charge in [0, 0.05) is 5.56 Å². The van der Waals surface area contributed by atoms with Crippen molar-refractivity contribution < 1.29 is 9.84 Å². The molecule has 0 aliphatic carbocycles.